The largest absolute Gasteiger partial charge is 0.456 e. The van der Waals surface area contributed by atoms with Crippen molar-refractivity contribution in [2.75, 3.05) is 0 Å². The lowest BCUT2D eigenvalue weighted by atomic mass is 10.2. The van der Waals surface area contributed by atoms with Crippen LogP contribution in [0.3, 0.4) is 0 Å². The highest BCUT2D eigenvalue weighted by Gasteiger charge is 2.34. The van der Waals surface area contributed by atoms with Crippen molar-refractivity contribution >= 4 is 0 Å². The molecule has 1 aromatic rings. The van der Waals surface area contributed by atoms with Crippen LogP contribution >= 0.6 is 0 Å². The number of rotatable bonds is 1. The second-order valence-corrected chi connectivity index (χ2v) is 2.85. The van der Waals surface area contributed by atoms with Crippen molar-refractivity contribution < 1.29 is 17.6 Å². The molecule has 1 rings (SSSR count). The van der Waals surface area contributed by atoms with Gasteiger partial charge in [0.2, 0.25) is 5.76 Å². The molecule has 0 saturated heterocycles. The molecule has 0 aliphatic carbocycles. The fraction of sp³-hybridized carbons (Fsp3) is 0.400. The summed E-state index contributed by atoms with van der Waals surface area (Å²) in [6, 6.07) is 2.31. The van der Waals surface area contributed by atoms with E-state index in [1.165, 1.54) is 6.07 Å². The lowest BCUT2D eigenvalue weighted by Gasteiger charge is -2.02. The second-order valence-electron chi connectivity index (χ2n) is 2.85. The average Bonchev–Trinajstić information content (AvgIpc) is 2.54. The van der Waals surface area contributed by atoms with Gasteiger partial charge in [-0.15, -0.1) is 13.2 Å². The number of furan rings is 1. The fourth-order valence-corrected chi connectivity index (χ4v) is 0.815. The smallest absolute Gasteiger partial charge is 0.449 e. The Morgan fingerprint density at radius 1 is 1.21 bits per heavy atom. The lowest BCUT2D eigenvalue weighted by molar-refractivity contribution is -0.153. The van der Waals surface area contributed by atoms with Gasteiger partial charge in [-0.1, -0.05) is 13.8 Å². The van der Waals surface area contributed by atoms with Crippen LogP contribution in [0.5, 0.6) is 0 Å². The quantitative estimate of drug-likeness (QED) is 0.627. The average molecular weight is 206 g/mol. The standard InChI is InChI=1S/C8H9F3O.C2H4/c1-5(2)6-3-4-7(12-6)8(9,10)11;1-2/h3-5H,1-2H3;1-2H2. The first-order chi connectivity index (χ1) is 6.41. The first-order valence-corrected chi connectivity index (χ1v) is 4.08. The molecule has 0 aromatic carbocycles. The highest BCUT2D eigenvalue weighted by Crippen LogP contribution is 2.32. The van der Waals surface area contributed by atoms with Crippen LogP contribution in [0.4, 0.5) is 13.2 Å². The topological polar surface area (TPSA) is 13.1 Å². The molecule has 80 valence electrons. The van der Waals surface area contributed by atoms with E-state index < -0.39 is 11.9 Å². The van der Waals surface area contributed by atoms with Gasteiger partial charge in [-0.2, -0.15) is 13.2 Å². The van der Waals surface area contributed by atoms with Crippen molar-refractivity contribution in [3.63, 3.8) is 0 Å². The molecule has 0 atom stereocenters. The van der Waals surface area contributed by atoms with Crippen molar-refractivity contribution in [2.45, 2.75) is 25.9 Å². The van der Waals surface area contributed by atoms with Crippen molar-refractivity contribution in [2.24, 2.45) is 0 Å². The molecule has 1 nitrogen and oxygen atoms in total. The monoisotopic (exact) mass is 206 g/mol. The molecule has 0 aliphatic rings. The summed E-state index contributed by atoms with van der Waals surface area (Å²) in [6.07, 6.45) is -4.37. The van der Waals surface area contributed by atoms with Crippen molar-refractivity contribution in [3.05, 3.63) is 36.8 Å². The summed E-state index contributed by atoms with van der Waals surface area (Å²) in [5.74, 6) is -0.574. The maximum atomic E-state index is 12.0. The molecule has 1 heterocycles. The van der Waals surface area contributed by atoms with E-state index in [1.54, 1.807) is 13.8 Å². The predicted molar refractivity (Wildman–Crippen MR) is 49.1 cm³/mol. The summed E-state index contributed by atoms with van der Waals surface area (Å²) in [5.41, 5.74) is 0. The molecule has 14 heavy (non-hydrogen) atoms. The first kappa shape index (κ1) is 12.8. The summed E-state index contributed by atoms with van der Waals surface area (Å²) in [5, 5.41) is 0. The molecule has 0 amide bonds. The summed E-state index contributed by atoms with van der Waals surface area (Å²) < 4.78 is 40.5. The molecule has 0 radical (unpaired) electrons. The van der Waals surface area contributed by atoms with Gasteiger partial charge < -0.3 is 4.42 Å². The van der Waals surface area contributed by atoms with Crippen LogP contribution in [0.2, 0.25) is 0 Å². The van der Waals surface area contributed by atoms with E-state index in [9.17, 15) is 13.2 Å². The van der Waals surface area contributed by atoms with Crippen LogP contribution in [-0.2, 0) is 6.18 Å². The minimum Gasteiger partial charge on any atom is -0.456 e. The number of hydrogen-bond donors (Lipinski definition) is 0. The van der Waals surface area contributed by atoms with Gasteiger partial charge in [0.15, 0.2) is 0 Å². The van der Waals surface area contributed by atoms with Gasteiger partial charge in [0, 0.05) is 5.92 Å². The molecule has 0 saturated carbocycles. The zero-order valence-corrected chi connectivity index (χ0v) is 8.19. The van der Waals surface area contributed by atoms with Crippen LogP contribution in [-0.4, -0.2) is 0 Å². The molecule has 0 aliphatic heterocycles. The first-order valence-electron chi connectivity index (χ1n) is 4.08. The highest BCUT2D eigenvalue weighted by molar-refractivity contribution is 5.12. The molecule has 0 fully saturated rings. The number of halogens is 3. The van der Waals surface area contributed by atoms with Crippen LogP contribution < -0.4 is 0 Å². The SMILES string of the molecule is C=C.CC(C)c1ccc(C(F)(F)F)o1. The molecular weight excluding hydrogens is 193 g/mol. The number of alkyl halides is 3. The molecule has 0 unspecified atom stereocenters. The van der Waals surface area contributed by atoms with Crippen molar-refractivity contribution in [1.82, 2.24) is 0 Å². The Morgan fingerprint density at radius 2 is 1.71 bits per heavy atom. The second kappa shape index (κ2) is 4.88. The third-order valence-corrected chi connectivity index (χ3v) is 1.48. The van der Waals surface area contributed by atoms with Crippen LogP contribution in [0, 0.1) is 0 Å². The van der Waals surface area contributed by atoms with E-state index >= 15 is 0 Å². The van der Waals surface area contributed by atoms with E-state index in [-0.39, 0.29) is 5.92 Å². The minimum absolute atomic E-state index is 0.0129. The third kappa shape index (κ3) is 3.28. The fourth-order valence-electron chi connectivity index (χ4n) is 0.815. The van der Waals surface area contributed by atoms with Crippen molar-refractivity contribution in [3.8, 4) is 0 Å². The molecule has 0 N–H and O–H groups in total. The van der Waals surface area contributed by atoms with Gasteiger partial charge >= 0.3 is 6.18 Å². The zero-order chi connectivity index (χ0) is 11.4. The zero-order valence-electron chi connectivity index (χ0n) is 8.19. The summed E-state index contributed by atoms with van der Waals surface area (Å²) in [7, 11) is 0. The Bertz CT molecular complexity index is 273. The normalized spacial score (nSPS) is 11.0. The summed E-state index contributed by atoms with van der Waals surface area (Å²) >= 11 is 0. The van der Waals surface area contributed by atoms with E-state index in [0.29, 0.717) is 5.76 Å². The summed E-state index contributed by atoms with van der Waals surface area (Å²) in [4.78, 5) is 0. The lowest BCUT2D eigenvalue weighted by Crippen LogP contribution is -2.02. The Balaban J connectivity index is 0.000000791. The van der Waals surface area contributed by atoms with Crippen molar-refractivity contribution in [1.29, 1.82) is 0 Å². The van der Waals surface area contributed by atoms with Crippen LogP contribution in [0.1, 0.15) is 31.3 Å². The maximum Gasteiger partial charge on any atom is 0.449 e. The minimum atomic E-state index is -4.37. The maximum absolute atomic E-state index is 12.0. The predicted octanol–water partition coefficient (Wildman–Crippen LogP) is 4.22. The third-order valence-electron chi connectivity index (χ3n) is 1.48. The molecule has 0 bridgehead atoms. The summed E-state index contributed by atoms with van der Waals surface area (Å²) in [6.45, 7) is 9.55. The number of hydrogen-bond acceptors (Lipinski definition) is 1. The highest BCUT2D eigenvalue weighted by atomic mass is 19.4. The molecule has 0 spiro atoms. The molecular formula is C10H13F3O. The van der Waals surface area contributed by atoms with Crippen LogP contribution in [0.15, 0.2) is 29.7 Å². The van der Waals surface area contributed by atoms with Crippen LogP contribution in [0.25, 0.3) is 0 Å². The van der Waals surface area contributed by atoms with E-state index in [1.807, 2.05) is 0 Å². The van der Waals surface area contributed by atoms with Gasteiger partial charge in [-0.3, -0.25) is 0 Å². The van der Waals surface area contributed by atoms with E-state index in [0.717, 1.165) is 6.07 Å². The van der Waals surface area contributed by atoms with Gasteiger partial charge in [0.1, 0.15) is 5.76 Å². The molecule has 4 heteroatoms. The Morgan fingerprint density at radius 3 is 1.93 bits per heavy atom. The van der Waals surface area contributed by atoms with Gasteiger partial charge in [-0.25, -0.2) is 0 Å². The van der Waals surface area contributed by atoms with E-state index in [4.69, 9.17) is 0 Å². The molecule has 1 aromatic heterocycles. The van der Waals surface area contributed by atoms with Gasteiger partial charge in [0.25, 0.3) is 0 Å². The Kier molecular flexibility index (Phi) is 4.47. The van der Waals surface area contributed by atoms with Gasteiger partial charge in [-0.05, 0) is 12.1 Å². The Hall–Kier alpha value is -1.19. The van der Waals surface area contributed by atoms with Gasteiger partial charge in [0.05, 0.1) is 0 Å². The van der Waals surface area contributed by atoms with E-state index in [2.05, 4.69) is 17.6 Å². The Labute approximate surface area is 81.2 Å².